The molecule has 0 spiro atoms. The fourth-order valence-corrected chi connectivity index (χ4v) is 0.817. The Labute approximate surface area is 71.5 Å². The van der Waals surface area contributed by atoms with Crippen molar-refractivity contribution in [3.05, 3.63) is 18.3 Å². The number of aromatic nitrogens is 1. The molecule has 1 rings (SSSR count). The standard InChI is InChI=1S/C7H11BN2O2/c1-2-12-8(11)6-3-4-7(9)10-5-6/h3-5,11H,2H2,1H3,(H2,9,10). The number of hydrogen-bond donors (Lipinski definition) is 2. The molecule has 0 atom stereocenters. The molecule has 0 aliphatic carbocycles. The Morgan fingerprint density at radius 3 is 2.92 bits per heavy atom. The summed E-state index contributed by atoms with van der Waals surface area (Å²) in [5.41, 5.74) is 5.98. The van der Waals surface area contributed by atoms with Gasteiger partial charge in [-0.1, -0.05) is 6.07 Å². The second-order valence-corrected chi connectivity index (χ2v) is 2.32. The molecule has 4 nitrogen and oxygen atoms in total. The summed E-state index contributed by atoms with van der Waals surface area (Å²) in [4.78, 5) is 3.82. The Morgan fingerprint density at radius 1 is 1.67 bits per heavy atom. The Hall–Kier alpha value is -1.07. The first-order valence-corrected chi connectivity index (χ1v) is 3.75. The van der Waals surface area contributed by atoms with Gasteiger partial charge in [0.2, 0.25) is 0 Å². The van der Waals surface area contributed by atoms with Crippen molar-refractivity contribution < 1.29 is 9.68 Å². The van der Waals surface area contributed by atoms with E-state index < -0.39 is 7.12 Å². The molecule has 1 heterocycles. The summed E-state index contributed by atoms with van der Waals surface area (Å²) >= 11 is 0. The van der Waals surface area contributed by atoms with Crippen molar-refractivity contribution >= 4 is 18.4 Å². The predicted molar refractivity (Wildman–Crippen MR) is 47.9 cm³/mol. The van der Waals surface area contributed by atoms with E-state index in [1.54, 1.807) is 12.1 Å². The molecular formula is C7H11BN2O2. The van der Waals surface area contributed by atoms with E-state index in [0.717, 1.165) is 0 Å². The zero-order valence-corrected chi connectivity index (χ0v) is 6.90. The third-order valence-electron chi connectivity index (χ3n) is 1.42. The summed E-state index contributed by atoms with van der Waals surface area (Å²) in [6.45, 7) is 2.28. The first kappa shape index (κ1) is 9.03. The van der Waals surface area contributed by atoms with E-state index in [-0.39, 0.29) is 0 Å². The van der Waals surface area contributed by atoms with Gasteiger partial charge in [0.05, 0.1) is 0 Å². The first-order chi connectivity index (χ1) is 5.74. The molecule has 0 unspecified atom stereocenters. The van der Waals surface area contributed by atoms with Crippen molar-refractivity contribution in [1.82, 2.24) is 4.98 Å². The average Bonchev–Trinajstić information content (AvgIpc) is 2.06. The molecule has 0 aliphatic heterocycles. The number of nitrogens with two attached hydrogens (primary N) is 1. The van der Waals surface area contributed by atoms with Crippen LogP contribution >= 0.6 is 0 Å². The van der Waals surface area contributed by atoms with Gasteiger partial charge in [-0.2, -0.15) is 0 Å². The summed E-state index contributed by atoms with van der Waals surface area (Å²) < 4.78 is 4.94. The van der Waals surface area contributed by atoms with Crippen LogP contribution in [0.2, 0.25) is 0 Å². The van der Waals surface area contributed by atoms with Crippen LogP contribution in [0.4, 0.5) is 5.82 Å². The van der Waals surface area contributed by atoms with Crippen LogP contribution in [0.3, 0.4) is 0 Å². The minimum absolute atomic E-state index is 0.433. The number of rotatable bonds is 3. The molecule has 0 bridgehead atoms. The fourth-order valence-electron chi connectivity index (χ4n) is 0.817. The van der Waals surface area contributed by atoms with Gasteiger partial charge < -0.3 is 15.4 Å². The predicted octanol–water partition coefficient (Wildman–Crippen LogP) is -0.612. The highest BCUT2D eigenvalue weighted by Crippen LogP contribution is 1.92. The van der Waals surface area contributed by atoms with Crippen molar-refractivity contribution in [2.75, 3.05) is 12.3 Å². The largest absolute Gasteiger partial charge is 0.492 e. The van der Waals surface area contributed by atoms with E-state index in [4.69, 9.17) is 10.4 Å². The van der Waals surface area contributed by atoms with Crippen molar-refractivity contribution in [3.63, 3.8) is 0 Å². The van der Waals surface area contributed by atoms with E-state index >= 15 is 0 Å². The van der Waals surface area contributed by atoms with Gasteiger partial charge in [-0.05, 0) is 13.0 Å². The Bertz CT molecular complexity index is 240. The number of anilines is 1. The Morgan fingerprint density at radius 2 is 2.42 bits per heavy atom. The van der Waals surface area contributed by atoms with E-state index in [2.05, 4.69) is 4.98 Å². The second kappa shape index (κ2) is 4.08. The molecule has 0 saturated carbocycles. The van der Waals surface area contributed by atoms with Crippen LogP contribution in [0.15, 0.2) is 18.3 Å². The molecular weight excluding hydrogens is 155 g/mol. The highest BCUT2D eigenvalue weighted by molar-refractivity contribution is 6.59. The highest BCUT2D eigenvalue weighted by atomic mass is 16.5. The quantitative estimate of drug-likeness (QED) is 0.587. The van der Waals surface area contributed by atoms with Gasteiger partial charge in [0.15, 0.2) is 0 Å². The van der Waals surface area contributed by atoms with E-state index in [9.17, 15) is 5.02 Å². The zero-order chi connectivity index (χ0) is 8.97. The van der Waals surface area contributed by atoms with Crippen LogP contribution in [-0.4, -0.2) is 23.7 Å². The molecule has 5 heteroatoms. The molecule has 0 aliphatic rings. The summed E-state index contributed by atoms with van der Waals surface area (Å²) in [6.07, 6.45) is 1.50. The maximum Gasteiger partial charge on any atom is 0.492 e. The fraction of sp³-hybridized carbons (Fsp3) is 0.286. The second-order valence-electron chi connectivity index (χ2n) is 2.32. The Kier molecular flexibility index (Phi) is 3.07. The van der Waals surface area contributed by atoms with Gasteiger partial charge >= 0.3 is 7.12 Å². The lowest BCUT2D eigenvalue weighted by Crippen LogP contribution is -2.33. The van der Waals surface area contributed by atoms with E-state index in [0.29, 0.717) is 17.9 Å². The van der Waals surface area contributed by atoms with Crippen molar-refractivity contribution in [2.45, 2.75) is 6.92 Å². The maximum atomic E-state index is 9.31. The Balaban J connectivity index is 2.68. The summed E-state index contributed by atoms with van der Waals surface area (Å²) in [6, 6.07) is 3.31. The van der Waals surface area contributed by atoms with Crippen molar-refractivity contribution in [2.24, 2.45) is 0 Å². The van der Waals surface area contributed by atoms with Gasteiger partial charge in [0, 0.05) is 18.3 Å². The number of pyridine rings is 1. The number of nitrogens with zero attached hydrogens (tertiary/aromatic N) is 1. The summed E-state index contributed by atoms with van der Waals surface area (Å²) in [7, 11) is -0.900. The van der Waals surface area contributed by atoms with Crippen molar-refractivity contribution in [1.29, 1.82) is 0 Å². The molecule has 0 aromatic carbocycles. The SMILES string of the molecule is CCOB(O)c1ccc(N)nc1. The van der Waals surface area contributed by atoms with E-state index in [1.165, 1.54) is 6.20 Å². The molecule has 12 heavy (non-hydrogen) atoms. The topological polar surface area (TPSA) is 68.4 Å². The van der Waals surface area contributed by atoms with Crippen LogP contribution in [0, 0.1) is 0 Å². The van der Waals surface area contributed by atoms with Crippen LogP contribution in [0.1, 0.15) is 6.92 Å². The van der Waals surface area contributed by atoms with Crippen LogP contribution in [0.5, 0.6) is 0 Å². The maximum absolute atomic E-state index is 9.31. The average molecular weight is 166 g/mol. The van der Waals surface area contributed by atoms with Gasteiger partial charge in [-0.25, -0.2) is 4.98 Å². The summed E-state index contributed by atoms with van der Waals surface area (Å²) in [5, 5.41) is 9.31. The highest BCUT2D eigenvalue weighted by Gasteiger charge is 2.14. The molecule has 0 saturated heterocycles. The minimum Gasteiger partial charge on any atom is -0.423 e. The molecule has 0 radical (unpaired) electrons. The third-order valence-corrected chi connectivity index (χ3v) is 1.42. The minimum atomic E-state index is -0.900. The number of nitrogen functional groups attached to an aromatic ring is 1. The lowest BCUT2D eigenvalue weighted by atomic mass is 9.81. The molecule has 64 valence electrons. The molecule has 0 amide bonds. The lowest BCUT2D eigenvalue weighted by Gasteiger charge is -2.04. The van der Waals surface area contributed by atoms with Crippen LogP contribution < -0.4 is 11.2 Å². The first-order valence-electron chi connectivity index (χ1n) is 3.75. The van der Waals surface area contributed by atoms with Crippen LogP contribution in [0.25, 0.3) is 0 Å². The van der Waals surface area contributed by atoms with E-state index in [1.807, 2.05) is 6.92 Å². The van der Waals surface area contributed by atoms with Gasteiger partial charge in [0.1, 0.15) is 5.82 Å². The van der Waals surface area contributed by atoms with Crippen molar-refractivity contribution in [3.8, 4) is 0 Å². The van der Waals surface area contributed by atoms with Gasteiger partial charge in [0.25, 0.3) is 0 Å². The third kappa shape index (κ3) is 2.22. The van der Waals surface area contributed by atoms with Crippen LogP contribution in [-0.2, 0) is 4.65 Å². The number of hydrogen-bond acceptors (Lipinski definition) is 4. The lowest BCUT2D eigenvalue weighted by molar-refractivity contribution is 0.287. The molecule has 1 aromatic heterocycles. The smallest absolute Gasteiger partial charge is 0.423 e. The normalized spacial score (nSPS) is 9.83. The molecule has 0 fully saturated rings. The summed E-state index contributed by atoms with van der Waals surface area (Å²) in [5.74, 6) is 0.433. The molecule has 3 N–H and O–H groups in total. The molecule has 1 aromatic rings. The zero-order valence-electron chi connectivity index (χ0n) is 6.90. The monoisotopic (exact) mass is 166 g/mol. The van der Waals surface area contributed by atoms with Gasteiger partial charge in [-0.15, -0.1) is 0 Å². The van der Waals surface area contributed by atoms with Gasteiger partial charge in [-0.3, -0.25) is 0 Å².